The number of fused-ring (bicyclic) bond motifs is 2. The summed E-state index contributed by atoms with van der Waals surface area (Å²) in [6.45, 7) is 5.84. The zero-order valence-corrected chi connectivity index (χ0v) is 20.3. The van der Waals surface area contributed by atoms with Gasteiger partial charge >= 0.3 is 0 Å². The summed E-state index contributed by atoms with van der Waals surface area (Å²) >= 11 is 3.37. The van der Waals surface area contributed by atoms with E-state index in [-0.39, 0.29) is 0 Å². The molecule has 0 bridgehead atoms. The highest BCUT2D eigenvalue weighted by atomic mass is 33.1. The third kappa shape index (κ3) is 5.22. The molecule has 2 heterocycles. The Bertz CT molecular complexity index is 1020. The molecule has 0 N–H and O–H groups in total. The number of thiazole rings is 2. The number of aromatic nitrogens is 2. The third-order valence-corrected chi connectivity index (χ3v) is 9.56. The normalized spacial score (nSPS) is 11.4. The second-order valence-electron chi connectivity index (χ2n) is 6.74. The molecule has 30 heavy (non-hydrogen) atoms. The summed E-state index contributed by atoms with van der Waals surface area (Å²) in [7, 11) is 3.31. The van der Waals surface area contributed by atoms with Gasteiger partial charge in [0.25, 0.3) is 0 Å². The molecule has 2 aromatic carbocycles. The van der Waals surface area contributed by atoms with Gasteiger partial charge in [-0.2, -0.15) is 0 Å². The van der Waals surface area contributed by atoms with Crippen molar-refractivity contribution in [3.8, 4) is 11.5 Å². The van der Waals surface area contributed by atoms with Crippen molar-refractivity contribution in [3.63, 3.8) is 0 Å². The molecule has 4 nitrogen and oxygen atoms in total. The predicted molar refractivity (Wildman–Crippen MR) is 132 cm³/mol. The van der Waals surface area contributed by atoms with Crippen LogP contribution < -0.4 is 9.47 Å². The van der Waals surface area contributed by atoms with Crippen molar-refractivity contribution >= 4 is 64.7 Å². The molecule has 2 aromatic heterocycles. The molecular weight excluding hydrogens is 453 g/mol. The standard InChI is InChI=1S/C22H24N2O2S4/c1-3-5-13-25-17-11-7-9-15-19(17)27-21(23-15)29-30-22-24-16-10-8-12-18(20(16)28-22)26-14-6-4-2/h7-12H,3-6,13-14H2,1-2H3. The van der Waals surface area contributed by atoms with Gasteiger partial charge in [0, 0.05) is 0 Å². The minimum absolute atomic E-state index is 0.749. The Labute approximate surface area is 192 Å². The van der Waals surface area contributed by atoms with Crippen LogP contribution in [0.3, 0.4) is 0 Å². The van der Waals surface area contributed by atoms with Crippen molar-refractivity contribution in [2.45, 2.75) is 48.2 Å². The summed E-state index contributed by atoms with van der Waals surface area (Å²) in [6, 6.07) is 12.2. The monoisotopic (exact) mass is 476 g/mol. The van der Waals surface area contributed by atoms with Crippen LogP contribution in [0.4, 0.5) is 0 Å². The number of benzene rings is 2. The van der Waals surface area contributed by atoms with Crippen LogP contribution >= 0.6 is 44.3 Å². The first kappa shape index (κ1) is 21.7. The van der Waals surface area contributed by atoms with Gasteiger partial charge in [-0.1, -0.05) is 38.8 Å². The summed E-state index contributed by atoms with van der Waals surface area (Å²) in [5.74, 6) is 1.87. The highest BCUT2D eigenvalue weighted by molar-refractivity contribution is 8.77. The molecule has 0 amide bonds. The lowest BCUT2D eigenvalue weighted by atomic mass is 10.3. The molecule has 0 fully saturated rings. The number of hydrogen-bond acceptors (Lipinski definition) is 8. The lowest BCUT2D eigenvalue weighted by Gasteiger charge is -2.05. The Kier molecular flexibility index (Phi) is 7.76. The van der Waals surface area contributed by atoms with Crippen LogP contribution in [0.15, 0.2) is 45.1 Å². The van der Waals surface area contributed by atoms with E-state index in [4.69, 9.17) is 19.4 Å². The van der Waals surface area contributed by atoms with Crippen molar-refractivity contribution in [2.24, 2.45) is 0 Å². The lowest BCUT2D eigenvalue weighted by Crippen LogP contribution is -1.96. The second-order valence-corrected chi connectivity index (χ2v) is 11.4. The molecule has 4 rings (SSSR count). The topological polar surface area (TPSA) is 44.2 Å². The van der Waals surface area contributed by atoms with E-state index in [2.05, 4.69) is 13.8 Å². The quantitative estimate of drug-likeness (QED) is 0.161. The Hall–Kier alpha value is -1.48. The summed E-state index contributed by atoms with van der Waals surface area (Å²) in [6.07, 6.45) is 4.39. The Morgan fingerprint density at radius 2 is 1.20 bits per heavy atom. The molecule has 0 radical (unpaired) electrons. The molecule has 0 aliphatic rings. The largest absolute Gasteiger partial charge is 0.492 e. The van der Waals surface area contributed by atoms with Crippen LogP contribution in [-0.4, -0.2) is 23.2 Å². The maximum atomic E-state index is 5.96. The predicted octanol–water partition coefficient (Wildman–Crippen LogP) is 8.06. The van der Waals surface area contributed by atoms with Crippen LogP contribution in [0.1, 0.15) is 39.5 Å². The van der Waals surface area contributed by atoms with Crippen molar-refractivity contribution < 1.29 is 9.47 Å². The van der Waals surface area contributed by atoms with Crippen LogP contribution in [0.5, 0.6) is 11.5 Å². The summed E-state index contributed by atoms with van der Waals surface area (Å²) in [5, 5.41) is 0. The minimum Gasteiger partial charge on any atom is -0.492 e. The van der Waals surface area contributed by atoms with Crippen LogP contribution in [0.2, 0.25) is 0 Å². The molecule has 0 saturated carbocycles. The Balaban J connectivity index is 1.46. The molecule has 4 aromatic rings. The van der Waals surface area contributed by atoms with Gasteiger partial charge in [0.15, 0.2) is 8.68 Å². The van der Waals surface area contributed by atoms with Gasteiger partial charge in [-0.25, -0.2) is 9.97 Å². The molecular formula is C22H24N2O2S4. The van der Waals surface area contributed by atoms with Crippen LogP contribution in [0, 0.1) is 0 Å². The first-order chi connectivity index (χ1) is 14.8. The van der Waals surface area contributed by atoms with E-state index in [1.165, 1.54) is 0 Å². The van der Waals surface area contributed by atoms with Gasteiger partial charge in [0.05, 0.1) is 33.6 Å². The average Bonchev–Trinajstić information content (AvgIpc) is 3.37. The first-order valence-corrected chi connectivity index (χ1v) is 14.0. The highest BCUT2D eigenvalue weighted by Crippen LogP contribution is 2.45. The molecule has 0 aliphatic carbocycles. The van der Waals surface area contributed by atoms with E-state index in [0.717, 1.165) is 79.5 Å². The molecule has 158 valence electrons. The third-order valence-electron chi connectivity index (χ3n) is 4.41. The van der Waals surface area contributed by atoms with Gasteiger partial charge in [0.2, 0.25) is 0 Å². The molecule has 0 unspecified atom stereocenters. The minimum atomic E-state index is 0.749. The number of hydrogen-bond donors (Lipinski definition) is 0. The number of rotatable bonds is 11. The van der Waals surface area contributed by atoms with Gasteiger partial charge in [-0.15, -0.1) is 22.7 Å². The van der Waals surface area contributed by atoms with Gasteiger partial charge in [0.1, 0.15) is 11.5 Å². The smallest absolute Gasteiger partial charge is 0.162 e. The van der Waals surface area contributed by atoms with E-state index in [1.54, 1.807) is 44.3 Å². The molecule has 0 saturated heterocycles. The summed E-state index contributed by atoms with van der Waals surface area (Å²) in [5.41, 5.74) is 1.99. The molecule has 0 spiro atoms. The van der Waals surface area contributed by atoms with Crippen molar-refractivity contribution in [1.29, 1.82) is 0 Å². The summed E-state index contributed by atoms with van der Waals surface area (Å²) in [4.78, 5) is 9.54. The van der Waals surface area contributed by atoms with Crippen LogP contribution in [-0.2, 0) is 0 Å². The zero-order chi connectivity index (χ0) is 20.8. The number of unbranched alkanes of at least 4 members (excludes halogenated alkanes) is 2. The van der Waals surface area contributed by atoms with Crippen molar-refractivity contribution in [3.05, 3.63) is 36.4 Å². The Morgan fingerprint density at radius 1 is 0.733 bits per heavy atom. The van der Waals surface area contributed by atoms with Crippen molar-refractivity contribution in [2.75, 3.05) is 13.2 Å². The molecule has 0 aliphatic heterocycles. The van der Waals surface area contributed by atoms with E-state index < -0.39 is 0 Å². The maximum absolute atomic E-state index is 5.96. The SMILES string of the molecule is CCCCOc1cccc2nc(SSc3nc4cccc(OCCCC)c4s3)sc12. The van der Waals surface area contributed by atoms with E-state index >= 15 is 0 Å². The fourth-order valence-electron chi connectivity index (χ4n) is 2.83. The van der Waals surface area contributed by atoms with Gasteiger partial charge < -0.3 is 9.47 Å². The summed E-state index contributed by atoms with van der Waals surface area (Å²) < 4.78 is 16.2. The van der Waals surface area contributed by atoms with Crippen molar-refractivity contribution in [1.82, 2.24) is 9.97 Å². The first-order valence-electron chi connectivity index (χ1n) is 10.2. The zero-order valence-electron chi connectivity index (χ0n) is 17.1. The second kappa shape index (κ2) is 10.7. The fourth-order valence-corrected chi connectivity index (χ4v) is 7.42. The van der Waals surface area contributed by atoms with Gasteiger partial charge in [-0.05, 0) is 58.7 Å². The Morgan fingerprint density at radius 3 is 1.63 bits per heavy atom. The van der Waals surface area contributed by atoms with Gasteiger partial charge in [-0.3, -0.25) is 0 Å². The van der Waals surface area contributed by atoms with E-state index in [9.17, 15) is 0 Å². The highest BCUT2D eigenvalue weighted by Gasteiger charge is 2.13. The average molecular weight is 477 g/mol. The number of ether oxygens (including phenoxy) is 2. The fraction of sp³-hybridized carbons (Fsp3) is 0.364. The number of nitrogens with zero attached hydrogens (tertiary/aromatic N) is 2. The maximum Gasteiger partial charge on any atom is 0.162 e. The lowest BCUT2D eigenvalue weighted by molar-refractivity contribution is 0.313. The molecule has 0 atom stereocenters. The van der Waals surface area contributed by atoms with E-state index in [0.29, 0.717) is 0 Å². The van der Waals surface area contributed by atoms with Crippen LogP contribution in [0.25, 0.3) is 20.4 Å². The molecule has 8 heteroatoms. The van der Waals surface area contributed by atoms with E-state index in [1.807, 2.05) is 36.4 Å².